The lowest BCUT2D eigenvalue weighted by molar-refractivity contribution is -0.142. The number of likely N-dealkylation sites (N-methyl/N-ethyl adjacent to an activating group) is 1. The van der Waals surface area contributed by atoms with E-state index < -0.39 is 24.2 Å². The maximum absolute atomic E-state index is 11.4. The second-order valence-corrected chi connectivity index (χ2v) is 4.57. The second kappa shape index (κ2) is 4.37. The molecule has 5 nitrogen and oxygen atoms in total. The number of hydrogen-bond acceptors (Lipinski definition) is 3. The second-order valence-electron chi connectivity index (χ2n) is 3.72. The van der Waals surface area contributed by atoms with Crippen LogP contribution in [0.2, 0.25) is 0 Å². The molecular weight excluding hydrogens is 290 g/mol. The highest BCUT2D eigenvalue weighted by atomic mass is 79.9. The largest absolute Gasteiger partial charge is 0.480 e. The van der Waals surface area contributed by atoms with E-state index in [-0.39, 0.29) is 0 Å². The highest BCUT2D eigenvalue weighted by molar-refractivity contribution is 9.10. The van der Waals surface area contributed by atoms with Crippen LogP contribution in [0.4, 0.5) is 4.79 Å². The summed E-state index contributed by atoms with van der Waals surface area (Å²) < 4.78 is 5.81. The molecule has 0 aliphatic carbocycles. The number of aliphatic carboxylic acids is 1. The molecule has 1 aliphatic heterocycles. The molecule has 1 amide bonds. The summed E-state index contributed by atoms with van der Waals surface area (Å²) in [5, 5.41) is 9.13. The highest BCUT2D eigenvalue weighted by Crippen LogP contribution is 2.35. The lowest BCUT2D eigenvalue weighted by Crippen LogP contribution is -2.37. The summed E-state index contributed by atoms with van der Waals surface area (Å²) in [6.45, 7) is 0. The number of ether oxygens (including phenoxy) is 1. The van der Waals surface area contributed by atoms with E-state index in [9.17, 15) is 9.59 Å². The average Bonchev–Trinajstić information content (AvgIpc) is 2.56. The summed E-state index contributed by atoms with van der Waals surface area (Å²) in [4.78, 5) is 23.7. The smallest absolute Gasteiger partial charge is 0.411 e. The lowest BCUT2D eigenvalue weighted by atomic mass is 10.0. The standard InChI is InChI=1S/C11H10BrNO4/c1-13-8(10(14)15)9(17-11(13)16)6-4-2-3-5-7(6)12/h2-5,8-9H,1H3,(H,14,15). The molecule has 2 unspecified atom stereocenters. The van der Waals surface area contributed by atoms with Gasteiger partial charge in [-0.2, -0.15) is 0 Å². The molecule has 0 saturated carbocycles. The van der Waals surface area contributed by atoms with Crippen molar-refractivity contribution in [2.45, 2.75) is 12.1 Å². The Morgan fingerprint density at radius 2 is 2.12 bits per heavy atom. The molecule has 1 heterocycles. The van der Waals surface area contributed by atoms with Crippen LogP contribution in [-0.2, 0) is 9.53 Å². The number of rotatable bonds is 2. The Hall–Kier alpha value is -1.56. The van der Waals surface area contributed by atoms with Gasteiger partial charge in [-0.1, -0.05) is 34.1 Å². The number of benzene rings is 1. The molecule has 17 heavy (non-hydrogen) atoms. The van der Waals surface area contributed by atoms with Crippen LogP contribution in [-0.4, -0.2) is 35.2 Å². The monoisotopic (exact) mass is 299 g/mol. The molecule has 0 spiro atoms. The van der Waals surface area contributed by atoms with Gasteiger partial charge in [-0.25, -0.2) is 9.59 Å². The van der Waals surface area contributed by atoms with Gasteiger partial charge in [-0.15, -0.1) is 0 Å². The van der Waals surface area contributed by atoms with Gasteiger partial charge in [0.1, 0.15) is 0 Å². The molecule has 0 aromatic heterocycles. The average molecular weight is 300 g/mol. The molecule has 6 heteroatoms. The Morgan fingerprint density at radius 3 is 2.71 bits per heavy atom. The number of carbonyl (C=O) groups excluding carboxylic acids is 1. The van der Waals surface area contributed by atoms with Crippen molar-refractivity contribution in [1.82, 2.24) is 4.90 Å². The number of carbonyl (C=O) groups is 2. The zero-order chi connectivity index (χ0) is 12.6. The van der Waals surface area contributed by atoms with E-state index in [1.807, 2.05) is 6.07 Å². The molecule has 1 aliphatic rings. The molecular formula is C11H10BrNO4. The highest BCUT2D eigenvalue weighted by Gasteiger charge is 2.45. The Labute approximate surface area is 106 Å². The molecule has 0 bridgehead atoms. The van der Waals surface area contributed by atoms with Crippen molar-refractivity contribution in [2.24, 2.45) is 0 Å². The Bertz CT molecular complexity index is 476. The van der Waals surface area contributed by atoms with E-state index in [1.165, 1.54) is 7.05 Å². The van der Waals surface area contributed by atoms with Crippen LogP contribution in [0.1, 0.15) is 11.7 Å². The SMILES string of the molecule is CN1C(=O)OC(c2ccccc2Br)C1C(=O)O. The number of halogens is 1. The quantitative estimate of drug-likeness (QED) is 0.907. The predicted molar refractivity (Wildman–Crippen MR) is 62.6 cm³/mol. The van der Waals surface area contributed by atoms with E-state index >= 15 is 0 Å². The van der Waals surface area contributed by atoms with Crippen molar-refractivity contribution in [3.8, 4) is 0 Å². The maximum Gasteiger partial charge on any atom is 0.411 e. The Kier molecular flexibility index (Phi) is 3.06. The number of hydrogen-bond donors (Lipinski definition) is 1. The van der Waals surface area contributed by atoms with Crippen LogP contribution in [0, 0.1) is 0 Å². The molecule has 90 valence electrons. The first kappa shape index (κ1) is 11.9. The summed E-state index contributed by atoms with van der Waals surface area (Å²) in [7, 11) is 1.41. The third kappa shape index (κ3) is 2.00. The van der Waals surface area contributed by atoms with E-state index in [1.54, 1.807) is 18.2 Å². The number of amides is 1. The van der Waals surface area contributed by atoms with Gasteiger partial charge in [-0.3, -0.25) is 4.90 Å². The Morgan fingerprint density at radius 1 is 1.47 bits per heavy atom. The van der Waals surface area contributed by atoms with Gasteiger partial charge in [0.05, 0.1) is 0 Å². The fraction of sp³-hybridized carbons (Fsp3) is 0.273. The first-order chi connectivity index (χ1) is 8.02. The van der Waals surface area contributed by atoms with Gasteiger partial charge < -0.3 is 9.84 Å². The molecule has 2 rings (SSSR count). The Balaban J connectivity index is 2.42. The minimum atomic E-state index is -1.08. The first-order valence-corrected chi connectivity index (χ1v) is 5.72. The predicted octanol–water partition coefficient (Wildman–Crippen LogP) is 2.03. The molecule has 1 N–H and O–H groups in total. The summed E-state index contributed by atoms with van der Waals surface area (Å²) in [5.41, 5.74) is 0.651. The van der Waals surface area contributed by atoms with Crippen LogP contribution < -0.4 is 0 Å². The van der Waals surface area contributed by atoms with Crippen molar-refractivity contribution in [2.75, 3.05) is 7.05 Å². The summed E-state index contributed by atoms with van der Waals surface area (Å²) in [6.07, 6.45) is -1.42. The molecule has 1 saturated heterocycles. The van der Waals surface area contributed by atoms with Crippen molar-refractivity contribution < 1.29 is 19.4 Å². The van der Waals surface area contributed by atoms with Gasteiger partial charge in [0, 0.05) is 17.1 Å². The topological polar surface area (TPSA) is 66.8 Å². The minimum absolute atomic E-state index is 0.627. The molecule has 0 radical (unpaired) electrons. The third-order valence-corrected chi connectivity index (χ3v) is 3.41. The van der Waals surface area contributed by atoms with Gasteiger partial charge in [0.2, 0.25) is 0 Å². The minimum Gasteiger partial charge on any atom is -0.480 e. The molecule has 1 fully saturated rings. The van der Waals surface area contributed by atoms with Crippen LogP contribution in [0.15, 0.2) is 28.7 Å². The number of carboxylic acid groups (broad SMARTS) is 1. The molecule has 1 aromatic rings. The van der Waals surface area contributed by atoms with Gasteiger partial charge in [0.25, 0.3) is 0 Å². The fourth-order valence-corrected chi connectivity index (χ4v) is 2.32. The third-order valence-electron chi connectivity index (χ3n) is 2.68. The van der Waals surface area contributed by atoms with E-state index in [0.717, 1.165) is 9.37 Å². The van der Waals surface area contributed by atoms with Crippen LogP contribution >= 0.6 is 15.9 Å². The van der Waals surface area contributed by atoms with Crippen LogP contribution in [0.5, 0.6) is 0 Å². The zero-order valence-corrected chi connectivity index (χ0v) is 10.5. The van der Waals surface area contributed by atoms with Gasteiger partial charge in [-0.05, 0) is 6.07 Å². The number of cyclic esters (lactones) is 1. The fourth-order valence-electron chi connectivity index (χ4n) is 1.81. The van der Waals surface area contributed by atoms with E-state index in [2.05, 4.69) is 15.9 Å². The summed E-state index contributed by atoms with van der Waals surface area (Å²) >= 11 is 3.32. The summed E-state index contributed by atoms with van der Waals surface area (Å²) in [6, 6.07) is 6.09. The molecule has 1 aromatic carbocycles. The summed E-state index contributed by atoms with van der Waals surface area (Å²) in [5.74, 6) is -1.08. The van der Waals surface area contributed by atoms with E-state index in [0.29, 0.717) is 5.56 Å². The van der Waals surface area contributed by atoms with Crippen molar-refractivity contribution >= 4 is 28.0 Å². The number of carboxylic acids is 1. The van der Waals surface area contributed by atoms with Crippen molar-refractivity contribution in [1.29, 1.82) is 0 Å². The maximum atomic E-state index is 11.4. The zero-order valence-electron chi connectivity index (χ0n) is 8.96. The molecule has 2 atom stereocenters. The van der Waals surface area contributed by atoms with Gasteiger partial charge >= 0.3 is 12.1 Å². The van der Waals surface area contributed by atoms with Crippen molar-refractivity contribution in [3.05, 3.63) is 34.3 Å². The van der Waals surface area contributed by atoms with Crippen LogP contribution in [0.3, 0.4) is 0 Å². The normalized spacial score (nSPS) is 23.6. The first-order valence-electron chi connectivity index (χ1n) is 4.93. The van der Waals surface area contributed by atoms with E-state index in [4.69, 9.17) is 9.84 Å². The van der Waals surface area contributed by atoms with Crippen molar-refractivity contribution in [3.63, 3.8) is 0 Å². The number of nitrogens with zero attached hydrogens (tertiary/aromatic N) is 1. The van der Waals surface area contributed by atoms with Gasteiger partial charge in [0.15, 0.2) is 12.1 Å². The van der Waals surface area contributed by atoms with Crippen LogP contribution in [0.25, 0.3) is 0 Å². The lowest BCUT2D eigenvalue weighted by Gasteiger charge is -2.17.